The Bertz CT molecular complexity index is 552. The zero-order valence-corrected chi connectivity index (χ0v) is 12.7. The van der Waals surface area contributed by atoms with Gasteiger partial charge in [-0.3, -0.25) is 9.78 Å². The number of amides is 1. The van der Waals surface area contributed by atoms with E-state index in [2.05, 4.69) is 17.1 Å². The van der Waals surface area contributed by atoms with Crippen molar-refractivity contribution in [1.82, 2.24) is 9.88 Å². The van der Waals surface area contributed by atoms with Crippen LogP contribution in [0.15, 0.2) is 54.7 Å². The Balaban J connectivity index is 2.04. The van der Waals surface area contributed by atoms with Crippen LogP contribution in [0, 0.1) is 5.92 Å². The molecule has 0 spiro atoms. The molecule has 0 atom stereocenters. The summed E-state index contributed by atoms with van der Waals surface area (Å²) in [7, 11) is 0. The average molecular weight is 282 g/mol. The minimum absolute atomic E-state index is 0.0115. The molecule has 0 aliphatic heterocycles. The number of rotatable bonds is 6. The van der Waals surface area contributed by atoms with Gasteiger partial charge >= 0.3 is 0 Å². The van der Waals surface area contributed by atoms with Gasteiger partial charge in [-0.2, -0.15) is 0 Å². The zero-order valence-electron chi connectivity index (χ0n) is 12.7. The van der Waals surface area contributed by atoms with Gasteiger partial charge in [0.05, 0.1) is 0 Å². The van der Waals surface area contributed by atoms with Gasteiger partial charge in [-0.15, -0.1) is 0 Å². The minimum Gasteiger partial charge on any atom is -0.338 e. The molecule has 0 aliphatic rings. The largest absolute Gasteiger partial charge is 0.338 e. The first-order valence-electron chi connectivity index (χ1n) is 7.39. The Morgan fingerprint density at radius 1 is 1.10 bits per heavy atom. The monoisotopic (exact) mass is 282 g/mol. The Labute approximate surface area is 126 Å². The van der Waals surface area contributed by atoms with Crippen LogP contribution in [-0.2, 0) is 17.8 Å². The molecule has 0 saturated carbocycles. The predicted molar refractivity (Wildman–Crippen MR) is 84.6 cm³/mol. The van der Waals surface area contributed by atoms with E-state index in [0.717, 1.165) is 17.7 Å². The van der Waals surface area contributed by atoms with Gasteiger partial charge in [0.25, 0.3) is 0 Å². The van der Waals surface area contributed by atoms with E-state index >= 15 is 0 Å². The molecular formula is C18H22N2O. The number of aromatic nitrogens is 1. The minimum atomic E-state index is 0.0115. The third-order valence-corrected chi connectivity index (χ3v) is 3.39. The number of hydrogen-bond acceptors (Lipinski definition) is 2. The maximum atomic E-state index is 12.4. The Hall–Kier alpha value is -2.16. The van der Waals surface area contributed by atoms with E-state index in [4.69, 9.17) is 0 Å². The lowest BCUT2D eigenvalue weighted by atomic mass is 10.1. The van der Waals surface area contributed by atoms with Crippen molar-refractivity contribution in [3.8, 4) is 0 Å². The zero-order chi connectivity index (χ0) is 15.1. The van der Waals surface area contributed by atoms with E-state index in [1.165, 1.54) is 0 Å². The summed E-state index contributed by atoms with van der Waals surface area (Å²) in [4.78, 5) is 18.6. The molecule has 0 unspecified atom stereocenters. The highest BCUT2D eigenvalue weighted by Gasteiger charge is 2.17. The third kappa shape index (κ3) is 4.71. The molecule has 0 saturated heterocycles. The lowest BCUT2D eigenvalue weighted by Crippen LogP contribution is -2.35. The highest BCUT2D eigenvalue weighted by atomic mass is 16.2. The van der Waals surface area contributed by atoms with Gasteiger partial charge in [0.2, 0.25) is 5.91 Å². The lowest BCUT2D eigenvalue weighted by Gasteiger charge is -2.24. The van der Waals surface area contributed by atoms with Crippen LogP contribution in [0.1, 0.15) is 25.1 Å². The maximum absolute atomic E-state index is 12.4. The second kappa shape index (κ2) is 7.58. The molecule has 1 amide bonds. The summed E-state index contributed by atoms with van der Waals surface area (Å²) in [5.74, 6) is 0.201. The van der Waals surface area contributed by atoms with Crippen molar-refractivity contribution < 1.29 is 4.79 Å². The molecule has 0 fully saturated rings. The first-order valence-corrected chi connectivity index (χ1v) is 7.39. The molecule has 110 valence electrons. The Kier molecular flexibility index (Phi) is 5.50. The van der Waals surface area contributed by atoms with Crippen LogP contribution in [0.3, 0.4) is 0 Å². The molecule has 1 aromatic carbocycles. The van der Waals surface area contributed by atoms with Crippen LogP contribution in [-0.4, -0.2) is 22.3 Å². The van der Waals surface area contributed by atoms with Gasteiger partial charge in [-0.1, -0.05) is 50.2 Å². The normalized spacial score (nSPS) is 10.6. The maximum Gasteiger partial charge on any atom is 0.225 e. The third-order valence-electron chi connectivity index (χ3n) is 3.39. The number of hydrogen-bond donors (Lipinski definition) is 0. The summed E-state index contributed by atoms with van der Waals surface area (Å²) in [5, 5.41) is 0. The predicted octanol–water partition coefficient (Wildman–Crippen LogP) is 3.31. The number of carbonyl (C=O) groups excluding carboxylic acids is 1. The number of carbonyl (C=O) groups is 1. The van der Waals surface area contributed by atoms with Crippen LogP contribution < -0.4 is 0 Å². The number of pyridine rings is 1. The highest BCUT2D eigenvalue weighted by Crippen LogP contribution is 2.10. The summed E-state index contributed by atoms with van der Waals surface area (Å²) in [6.45, 7) is 5.25. The molecular weight excluding hydrogens is 260 g/mol. The van der Waals surface area contributed by atoms with Gasteiger partial charge in [-0.05, 0) is 17.7 Å². The quantitative estimate of drug-likeness (QED) is 0.814. The smallest absolute Gasteiger partial charge is 0.225 e. The molecule has 2 aromatic rings. The number of nitrogens with zero attached hydrogens (tertiary/aromatic N) is 2. The van der Waals surface area contributed by atoms with Crippen molar-refractivity contribution in [2.24, 2.45) is 5.92 Å². The lowest BCUT2D eigenvalue weighted by molar-refractivity contribution is -0.135. The van der Waals surface area contributed by atoms with Crippen molar-refractivity contribution in [1.29, 1.82) is 0 Å². The van der Waals surface area contributed by atoms with Crippen molar-refractivity contribution in [2.75, 3.05) is 6.54 Å². The van der Waals surface area contributed by atoms with Crippen LogP contribution in [0.4, 0.5) is 0 Å². The fourth-order valence-corrected chi connectivity index (χ4v) is 2.23. The van der Waals surface area contributed by atoms with E-state index in [1.807, 2.05) is 55.1 Å². The van der Waals surface area contributed by atoms with Crippen molar-refractivity contribution in [3.63, 3.8) is 0 Å². The fourth-order valence-electron chi connectivity index (χ4n) is 2.23. The summed E-state index contributed by atoms with van der Waals surface area (Å²) in [6, 6.07) is 16.0. The molecule has 0 aliphatic carbocycles. The first-order chi connectivity index (χ1) is 10.2. The number of benzene rings is 1. The molecule has 3 nitrogen and oxygen atoms in total. The summed E-state index contributed by atoms with van der Waals surface area (Å²) in [5.41, 5.74) is 2.18. The average Bonchev–Trinajstić information content (AvgIpc) is 2.52. The molecule has 0 radical (unpaired) electrons. The molecule has 1 aromatic heterocycles. The summed E-state index contributed by atoms with van der Waals surface area (Å²) in [6.07, 6.45) is 2.58. The van der Waals surface area contributed by atoms with Gasteiger partial charge in [0, 0.05) is 37.3 Å². The standard InChI is InChI=1S/C18H22N2O/c1-15(2)18(21)20(14-16-8-4-3-5-9-16)13-11-17-10-6-7-12-19-17/h3-10,12,15H,11,13-14H2,1-2H3. The molecule has 3 heteroatoms. The molecule has 0 bridgehead atoms. The van der Waals surface area contributed by atoms with Gasteiger partial charge in [0.1, 0.15) is 0 Å². The Morgan fingerprint density at radius 2 is 1.81 bits per heavy atom. The van der Waals surface area contributed by atoms with E-state index in [1.54, 1.807) is 6.20 Å². The van der Waals surface area contributed by atoms with Crippen LogP contribution in [0.2, 0.25) is 0 Å². The van der Waals surface area contributed by atoms with Crippen LogP contribution in [0.5, 0.6) is 0 Å². The van der Waals surface area contributed by atoms with E-state index in [9.17, 15) is 4.79 Å². The van der Waals surface area contributed by atoms with Crippen molar-refractivity contribution in [2.45, 2.75) is 26.8 Å². The summed E-state index contributed by atoms with van der Waals surface area (Å²) < 4.78 is 0. The van der Waals surface area contributed by atoms with E-state index in [0.29, 0.717) is 13.1 Å². The van der Waals surface area contributed by atoms with Crippen molar-refractivity contribution >= 4 is 5.91 Å². The molecule has 0 N–H and O–H groups in total. The van der Waals surface area contributed by atoms with Gasteiger partial charge in [0.15, 0.2) is 0 Å². The first kappa shape index (κ1) is 15.2. The second-order valence-electron chi connectivity index (χ2n) is 5.47. The van der Waals surface area contributed by atoms with Crippen molar-refractivity contribution in [3.05, 3.63) is 66.0 Å². The van der Waals surface area contributed by atoms with Crippen LogP contribution in [0.25, 0.3) is 0 Å². The van der Waals surface area contributed by atoms with Crippen LogP contribution >= 0.6 is 0 Å². The SMILES string of the molecule is CC(C)C(=O)N(CCc1ccccn1)Cc1ccccc1. The van der Waals surface area contributed by atoms with Gasteiger partial charge < -0.3 is 4.90 Å². The Morgan fingerprint density at radius 3 is 2.43 bits per heavy atom. The molecule has 2 rings (SSSR count). The summed E-state index contributed by atoms with van der Waals surface area (Å²) >= 11 is 0. The fraction of sp³-hybridized carbons (Fsp3) is 0.333. The molecule has 1 heterocycles. The van der Waals surface area contributed by atoms with E-state index in [-0.39, 0.29) is 11.8 Å². The topological polar surface area (TPSA) is 33.2 Å². The van der Waals surface area contributed by atoms with E-state index < -0.39 is 0 Å². The second-order valence-corrected chi connectivity index (χ2v) is 5.47. The molecule has 21 heavy (non-hydrogen) atoms. The highest BCUT2D eigenvalue weighted by molar-refractivity contribution is 5.78. The van der Waals surface area contributed by atoms with Gasteiger partial charge in [-0.25, -0.2) is 0 Å².